The molecule has 132 valence electrons. The molecule has 1 aliphatic rings. The van der Waals surface area contributed by atoms with E-state index in [1.54, 1.807) is 34.0 Å². The number of anilines is 1. The molecule has 0 bridgehead atoms. The number of fused-ring (bicyclic) bond motifs is 1. The zero-order valence-electron chi connectivity index (χ0n) is 14.2. The van der Waals surface area contributed by atoms with Gasteiger partial charge in [0.1, 0.15) is 23.8 Å². The third kappa shape index (κ3) is 3.03. The van der Waals surface area contributed by atoms with Gasteiger partial charge < -0.3 is 9.64 Å². The number of aromatic nitrogens is 3. The average Bonchev–Trinajstić information content (AvgIpc) is 3.06. The fraction of sp³-hybridized carbons (Fsp3) is 0.211. The maximum absolute atomic E-state index is 13.1. The number of amides is 1. The lowest BCUT2D eigenvalue weighted by atomic mass is 10.2. The van der Waals surface area contributed by atoms with E-state index in [9.17, 15) is 9.18 Å². The summed E-state index contributed by atoms with van der Waals surface area (Å²) in [4.78, 5) is 18.6. The van der Waals surface area contributed by atoms with E-state index in [0.717, 1.165) is 5.56 Å². The van der Waals surface area contributed by atoms with Crippen LogP contribution in [0.3, 0.4) is 0 Å². The minimum Gasteiger partial charge on any atom is -0.471 e. The van der Waals surface area contributed by atoms with Gasteiger partial charge in [-0.25, -0.2) is 9.37 Å². The maximum atomic E-state index is 13.1. The summed E-state index contributed by atoms with van der Waals surface area (Å²) in [7, 11) is 0. The van der Waals surface area contributed by atoms with Crippen LogP contribution in [0.4, 0.5) is 10.1 Å². The van der Waals surface area contributed by atoms with Crippen molar-refractivity contribution >= 4 is 11.6 Å². The van der Waals surface area contributed by atoms with Crippen molar-refractivity contribution in [2.45, 2.75) is 20.1 Å². The number of ether oxygens (including phenoxy) is 1. The molecule has 0 aliphatic carbocycles. The molecule has 4 rings (SSSR count). The van der Waals surface area contributed by atoms with Crippen LogP contribution in [0.5, 0.6) is 5.88 Å². The first kappa shape index (κ1) is 16.3. The largest absolute Gasteiger partial charge is 0.471 e. The Hall–Kier alpha value is -3.22. The van der Waals surface area contributed by atoms with Gasteiger partial charge in [-0.05, 0) is 43.3 Å². The zero-order chi connectivity index (χ0) is 18.1. The number of hydrogen-bond acceptors (Lipinski definition) is 4. The molecule has 0 saturated heterocycles. The van der Waals surface area contributed by atoms with Crippen LogP contribution in [0, 0.1) is 12.7 Å². The van der Waals surface area contributed by atoms with Crippen molar-refractivity contribution in [3.8, 4) is 5.88 Å². The third-order valence-electron chi connectivity index (χ3n) is 4.29. The molecule has 3 aromatic rings. The summed E-state index contributed by atoms with van der Waals surface area (Å²) >= 11 is 0. The summed E-state index contributed by atoms with van der Waals surface area (Å²) in [6.07, 6.45) is 1.67. The number of carbonyl (C=O) groups excluding carboxylic acids is 1. The van der Waals surface area contributed by atoms with Gasteiger partial charge in [0.25, 0.3) is 5.91 Å². The molecule has 0 spiro atoms. The molecule has 0 atom stereocenters. The van der Waals surface area contributed by atoms with E-state index in [0.29, 0.717) is 36.0 Å². The molecule has 0 fully saturated rings. The van der Waals surface area contributed by atoms with Gasteiger partial charge in [0.05, 0.1) is 6.54 Å². The second kappa shape index (κ2) is 6.59. The molecule has 0 saturated carbocycles. The highest BCUT2D eigenvalue weighted by molar-refractivity contribution is 6.05. The molecule has 7 heteroatoms. The molecule has 26 heavy (non-hydrogen) atoms. The summed E-state index contributed by atoms with van der Waals surface area (Å²) in [5.74, 6) is 0.0702. The number of nitrogens with zero attached hydrogens (tertiary/aromatic N) is 4. The first-order chi connectivity index (χ1) is 12.6. The van der Waals surface area contributed by atoms with Crippen molar-refractivity contribution in [3.63, 3.8) is 0 Å². The summed E-state index contributed by atoms with van der Waals surface area (Å²) < 4.78 is 20.5. The van der Waals surface area contributed by atoms with Crippen LogP contribution in [0.2, 0.25) is 0 Å². The van der Waals surface area contributed by atoms with Crippen LogP contribution in [0.15, 0.2) is 48.7 Å². The van der Waals surface area contributed by atoms with Gasteiger partial charge in [0, 0.05) is 24.0 Å². The lowest BCUT2D eigenvalue weighted by Gasteiger charge is -2.27. The van der Waals surface area contributed by atoms with Gasteiger partial charge in [-0.1, -0.05) is 6.07 Å². The quantitative estimate of drug-likeness (QED) is 0.724. The van der Waals surface area contributed by atoms with Crippen LogP contribution >= 0.6 is 0 Å². The van der Waals surface area contributed by atoms with Crippen molar-refractivity contribution in [1.82, 2.24) is 14.8 Å². The number of halogens is 1. The monoisotopic (exact) mass is 352 g/mol. The van der Waals surface area contributed by atoms with E-state index in [2.05, 4.69) is 10.1 Å². The number of hydrogen-bond donors (Lipinski definition) is 0. The fourth-order valence-electron chi connectivity index (χ4n) is 2.95. The number of aryl methyl sites for hydroxylation is 1. The Morgan fingerprint density at radius 2 is 2.00 bits per heavy atom. The molecular formula is C19H17FN4O2. The first-order valence-corrected chi connectivity index (χ1v) is 8.30. The Morgan fingerprint density at radius 3 is 2.77 bits per heavy atom. The van der Waals surface area contributed by atoms with Gasteiger partial charge in [0.15, 0.2) is 0 Å². The molecule has 2 aromatic heterocycles. The Morgan fingerprint density at radius 1 is 1.19 bits per heavy atom. The second-order valence-electron chi connectivity index (χ2n) is 6.09. The lowest BCUT2D eigenvalue weighted by Crippen LogP contribution is -2.40. The Bertz CT molecular complexity index is 952. The zero-order valence-corrected chi connectivity index (χ0v) is 14.2. The van der Waals surface area contributed by atoms with Crippen LogP contribution in [-0.4, -0.2) is 27.2 Å². The highest BCUT2D eigenvalue weighted by Crippen LogP contribution is 2.22. The minimum absolute atomic E-state index is 0.157. The summed E-state index contributed by atoms with van der Waals surface area (Å²) in [6, 6.07) is 11.4. The smallest absolute Gasteiger partial charge is 0.276 e. The average molecular weight is 352 g/mol. The molecule has 0 N–H and O–H groups in total. The summed E-state index contributed by atoms with van der Waals surface area (Å²) in [5.41, 5.74) is 2.78. The fourth-order valence-corrected chi connectivity index (χ4v) is 2.95. The van der Waals surface area contributed by atoms with Crippen molar-refractivity contribution in [2.24, 2.45) is 0 Å². The standard InChI is InChI=1S/C19H17FN4O2/c1-13-3-2-8-21-18(13)26-12-15-11-17-19(25)23(9-10-24(17)22-15)16-6-4-14(20)5-7-16/h2-8,11H,9-10,12H2,1H3. The molecule has 0 radical (unpaired) electrons. The SMILES string of the molecule is Cc1cccnc1OCc1cc2n(n1)CCN(c1ccc(F)cc1)C2=O. The van der Waals surface area contributed by atoms with Crippen LogP contribution in [0.25, 0.3) is 0 Å². The van der Waals surface area contributed by atoms with Crippen LogP contribution < -0.4 is 9.64 Å². The Balaban J connectivity index is 1.52. The third-order valence-corrected chi connectivity index (χ3v) is 4.29. The highest BCUT2D eigenvalue weighted by atomic mass is 19.1. The van der Waals surface area contributed by atoms with E-state index < -0.39 is 0 Å². The lowest BCUT2D eigenvalue weighted by molar-refractivity contribution is 0.0962. The van der Waals surface area contributed by atoms with Gasteiger partial charge in [-0.2, -0.15) is 5.10 Å². The predicted molar refractivity (Wildman–Crippen MR) is 93.6 cm³/mol. The summed E-state index contributed by atoms with van der Waals surface area (Å²) in [5, 5.41) is 4.44. The normalized spacial score (nSPS) is 13.6. The first-order valence-electron chi connectivity index (χ1n) is 8.30. The Kier molecular flexibility index (Phi) is 4.12. The van der Waals surface area contributed by atoms with Gasteiger partial charge in [-0.3, -0.25) is 9.48 Å². The molecule has 1 amide bonds. The molecule has 1 aromatic carbocycles. The van der Waals surface area contributed by atoms with Crippen LogP contribution in [0.1, 0.15) is 21.7 Å². The number of pyridine rings is 1. The van der Waals surface area contributed by atoms with Crippen molar-refractivity contribution < 1.29 is 13.9 Å². The number of rotatable bonds is 4. The van der Waals surface area contributed by atoms with Crippen molar-refractivity contribution in [1.29, 1.82) is 0 Å². The van der Waals surface area contributed by atoms with E-state index in [1.807, 2.05) is 19.1 Å². The minimum atomic E-state index is -0.326. The number of carbonyl (C=O) groups is 1. The highest BCUT2D eigenvalue weighted by Gasteiger charge is 2.27. The van der Waals surface area contributed by atoms with Gasteiger partial charge in [0.2, 0.25) is 5.88 Å². The molecule has 3 heterocycles. The van der Waals surface area contributed by atoms with E-state index in [1.165, 1.54) is 12.1 Å². The topological polar surface area (TPSA) is 60.2 Å². The maximum Gasteiger partial charge on any atom is 0.276 e. The number of benzene rings is 1. The van der Waals surface area contributed by atoms with Crippen LogP contribution in [-0.2, 0) is 13.2 Å². The van der Waals surface area contributed by atoms with E-state index >= 15 is 0 Å². The molecule has 1 aliphatic heterocycles. The second-order valence-corrected chi connectivity index (χ2v) is 6.09. The molecular weight excluding hydrogens is 335 g/mol. The van der Waals surface area contributed by atoms with Crippen molar-refractivity contribution in [3.05, 3.63) is 71.4 Å². The molecule has 0 unspecified atom stereocenters. The predicted octanol–water partition coefficient (Wildman–Crippen LogP) is 2.97. The molecule has 6 nitrogen and oxygen atoms in total. The summed E-state index contributed by atoms with van der Waals surface area (Å²) in [6.45, 7) is 3.21. The van der Waals surface area contributed by atoms with E-state index in [-0.39, 0.29) is 18.3 Å². The van der Waals surface area contributed by atoms with Gasteiger partial charge >= 0.3 is 0 Å². The van der Waals surface area contributed by atoms with Crippen molar-refractivity contribution in [2.75, 3.05) is 11.4 Å². The Labute approximate surface area is 149 Å². The van der Waals surface area contributed by atoms with Gasteiger partial charge in [-0.15, -0.1) is 0 Å². The van der Waals surface area contributed by atoms with E-state index in [4.69, 9.17) is 4.74 Å².